The van der Waals surface area contributed by atoms with E-state index in [0.29, 0.717) is 24.9 Å². The van der Waals surface area contributed by atoms with Crippen molar-refractivity contribution in [1.82, 2.24) is 5.32 Å². The van der Waals surface area contributed by atoms with Gasteiger partial charge in [-0.2, -0.15) is 0 Å². The van der Waals surface area contributed by atoms with Gasteiger partial charge in [-0.25, -0.2) is 0 Å². The summed E-state index contributed by atoms with van der Waals surface area (Å²) in [6.07, 6.45) is 5.26. The first kappa shape index (κ1) is 18.7. The standard InChI is InChI=1S/C19H35NO3/c1-13-7-8-14-15(11-13)23-16(18(2,3)4)12-19(14,5)20-17(21)9-10-22-6/h13-16H,7-12H2,1-6H3,(H,20,21)/t13-,14-,15-,16-,19+/m1/s1. The van der Waals surface area contributed by atoms with Crippen molar-refractivity contribution in [3.63, 3.8) is 0 Å². The summed E-state index contributed by atoms with van der Waals surface area (Å²) in [7, 11) is 1.64. The SMILES string of the molecule is COCCC(=O)N[C@@]1(C)C[C@H](C(C)(C)C)O[C@@H]2C[C@H](C)CC[C@H]21. The van der Waals surface area contributed by atoms with E-state index in [9.17, 15) is 4.79 Å². The Morgan fingerprint density at radius 3 is 2.65 bits per heavy atom. The molecule has 1 heterocycles. The number of amides is 1. The minimum absolute atomic E-state index is 0.0875. The molecule has 2 rings (SSSR count). The third-order valence-corrected chi connectivity index (χ3v) is 5.74. The molecule has 134 valence electrons. The Labute approximate surface area is 141 Å². The Hall–Kier alpha value is -0.610. The van der Waals surface area contributed by atoms with Crippen LogP contribution in [-0.2, 0) is 14.3 Å². The number of methoxy groups -OCH3 is 1. The lowest BCUT2D eigenvalue weighted by Crippen LogP contribution is -2.63. The first-order valence-corrected chi connectivity index (χ1v) is 9.11. The van der Waals surface area contributed by atoms with E-state index < -0.39 is 0 Å². The topological polar surface area (TPSA) is 47.6 Å². The minimum atomic E-state index is -0.175. The molecule has 2 aliphatic rings. The molecule has 1 amide bonds. The first-order valence-electron chi connectivity index (χ1n) is 9.11. The zero-order valence-electron chi connectivity index (χ0n) is 15.8. The van der Waals surface area contributed by atoms with Gasteiger partial charge in [0.1, 0.15) is 0 Å². The van der Waals surface area contributed by atoms with Crippen LogP contribution < -0.4 is 5.32 Å². The van der Waals surface area contributed by atoms with E-state index in [0.717, 1.165) is 19.3 Å². The van der Waals surface area contributed by atoms with Crippen molar-refractivity contribution in [1.29, 1.82) is 0 Å². The molecule has 5 atom stereocenters. The van der Waals surface area contributed by atoms with Gasteiger partial charge < -0.3 is 14.8 Å². The molecule has 2 fully saturated rings. The molecule has 1 saturated heterocycles. The van der Waals surface area contributed by atoms with Crippen molar-refractivity contribution < 1.29 is 14.3 Å². The van der Waals surface area contributed by atoms with Crippen LogP contribution in [0.15, 0.2) is 0 Å². The summed E-state index contributed by atoms with van der Waals surface area (Å²) in [6.45, 7) is 11.7. The summed E-state index contributed by atoms with van der Waals surface area (Å²) in [5, 5.41) is 3.35. The molecule has 1 saturated carbocycles. The first-order chi connectivity index (χ1) is 10.7. The van der Waals surface area contributed by atoms with E-state index in [1.54, 1.807) is 7.11 Å². The number of rotatable bonds is 4. The second-order valence-electron chi connectivity index (χ2n) is 8.97. The third-order valence-electron chi connectivity index (χ3n) is 5.74. The highest BCUT2D eigenvalue weighted by Crippen LogP contribution is 2.47. The fraction of sp³-hybridized carbons (Fsp3) is 0.947. The van der Waals surface area contributed by atoms with Crippen LogP contribution in [0.5, 0.6) is 0 Å². The maximum absolute atomic E-state index is 12.3. The fourth-order valence-electron chi connectivity index (χ4n) is 4.23. The summed E-state index contributed by atoms with van der Waals surface area (Å²) >= 11 is 0. The molecule has 0 unspecified atom stereocenters. The quantitative estimate of drug-likeness (QED) is 0.860. The van der Waals surface area contributed by atoms with Crippen LogP contribution in [-0.4, -0.2) is 37.4 Å². The van der Waals surface area contributed by atoms with Crippen LogP contribution in [0, 0.1) is 17.3 Å². The van der Waals surface area contributed by atoms with Gasteiger partial charge in [-0.1, -0.05) is 34.1 Å². The highest BCUT2D eigenvalue weighted by Gasteiger charge is 2.51. The van der Waals surface area contributed by atoms with Crippen molar-refractivity contribution >= 4 is 5.91 Å². The van der Waals surface area contributed by atoms with Crippen molar-refractivity contribution in [2.45, 2.75) is 84.5 Å². The molecule has 4 nitrogen and oxygen atoms in total. The summed E-state index contributed by atoms with van der Waals surface area (Å²) in [5.74, 6) is 1.23. The molecular weight excluding hydrogens is 290 g/mol. The highest BCUT2D eigenvalue weighted by atomic mass is 16.5. The van der Waals surface area contributed by atoms with E-state index in [4.69, 9.17) is 9.47 Å². The second kappa shape index (κ2) is 7.10. The number of carbonyl (C=O) groups excluding carboxylic acids is 1. The van der Waals surface area contributed by atoms with Crippen LogP contribution in [0.4, 0.5) is 0 Å². The predicted octanol–water partition coefficient (Wildman–Crippen LogP) is 3.54. The zero-order chi connectivity index (χ0) is 17.3. The monoisotopic (exact) mass is 325 g/mol. The Balaban J connectivity index is 2.17. The molecule has 1 aliphatic heterocycles. The van der Waals surface area contributed by atoms with Crippen molar-refractivity contribution in [2.24, 2.45) is 17.3 Å². The third kappa shape index (κ3) is 4.48. The van der Waals surface area contributed by atoms with Gasteiger partial charge in [0, 0.05) is 25.0 Å². The average Bonchev–Trinajstić information content (AvgIpc) is 2.43. The Morgan fingerprint density at radius 2 is 2.04 bits per heavy atom. The summed E-state index contributed by atoms with van der Waals surface area (Å²) in [4.78, 5) is 12.3. The minimum Gasteiger partial charge on any atom is -0.384 e. The van der Waals surface area contributed by atoms with Gasteiger partial charge in [0.25, 0.3) is 0 Å². The normalized spacial score (nSPS) is 38.0. The fourth-order valence-corrected chi connectivity index (χ4v) is 4.23. The molecule has 0 radical (unpaired) electrons. The van der Waals surface area contributed by atoms with E-state index in [1.807, 2.05) is 0 Å². The molecule has 1 aliphatic carbocycles. The van der Waals surface area contributed by atoms with Gasteiger partial charge in [-0.05, 0) is 37.5 Å². The van der Waals surface area contributed by atoms with Crippen LogP contribution in [0.25, 0.3) is 0 Å². The maximum atomic E-state index is 12.3. The van der Waals surface area contributed by atoms with E-state index in [2.05, 4.69) is 39.9 Å². The predicted molar refractivity (Wildman–Crippen MR) is 92.3 cm³/mol. The Morgan fingerprint density at radius 1 is 1.35 bits per heavy atom. The lowest BCUT2D eigenvalue weighted by molar-refractivity contribution is -0.177. The van der Waals surface area contributed by atoms with Gasteiger partial charge in [-0.15, -0.1) is 0 Å². The van der Waals surface area contributed by atoms with Crippen LogP contribution in [0.3, 0.4) is 0 Å². The number of fused-ring (bicyclic) bond motifs is 1. The smallest absolute Gasteiger partial charge is 0.222 e. The molecule has 4 heteroatoms. The summed E-state index contributed by atoms with van der Waals surface area (Å²) in [6, 6.07) is 0. The molecule has 0 aromatic heterocycles. The van der Waals surface area contributed by atoms with Gasteiger partial charge >= 0.3 is 0 Å². The highest BCUT2D eigenvalue weighted by molar-refractivity contribution is 5.77. The molecule has 0 spiro atoms. The van der Waals surface area contributed by atoms with Gasteiger partial charge in [-0.3, -0.25) is 4.79 Å². The van der Waals surface area contributed by atoms with Crippen molar-refractivity contribution in [3.05, 3.63) is 0 Å². The van der Waals surface area contributed by atoms with Gasteiger partial charge in [0.05, 0.1) is 18.8 Å². The van der Waals surface area contributed by atoms with Crippen LogP contribution in [0.1, 0.15) is 66.7 Å². The molecule has 0 aromatic carbocycles. The van der Waals surface area contributed by atoms with E-state index >= 15 is 0 Å². The summed E-state index contributed by atoms with van der Waals surface area (Å²) in [5.41, 5.74) is -0.0873. The summed E-state index contributed by atoms with van der Waals surface area (Å²) < 4.78 is 11.6. The molecule has 1 N–H and O–H groups in total. The van der Waals surface area contributed by atoms with Crippen LogP contribution in [0.2, 0.25) is 0 Å². The molecular formula is C19H35NO3. The molecule has 0 aromatic rings. The number of carbonyl (C=O) groups is 1. The average molecular weight is 325 g/mol. The van der Waals surface area contributed by atoms with Gasteiger partial charge in [0.15, 0.2) is 0 Å². The largest absolute Gasteiger partial charge is 0.384 e. The second-order valence-corrected chi connectivity index (χ2v) is 8.97. The van der Waals surface area contributed by atoms with Crippen molar-refractivity contribution in [3.8, 4) is 0 Å². The van der Waals surface area contributed by atoms with Crippen LogP contribution >= 0.6 is 0 Å². The lowest BCUT2D eigenvalue weighted by atomic mass is 9.65. The van der Waals surface area contributed by atoms with E-state index in [-0.39, 0.29) is 29.1 Å². The number of hydrogen-bond donors (Lipinski definition) is 1. The zero-order valence-corrected chi connectivity index (χ0v) is 15.8. The van der Waals surface area contributed by atoms with Crippen molar-refractivity contribution in [2.75, 3.05) is 13.7 Å². The number of ether oxygens (including phenoxy) is 2. The molecule has 0 bridgehead atoms. The Bertz CT molecular complexity index is 417. The maximum Gasteiger partial charge on any atom is 0.222 e. The van der Waals surface area contributed by atoms with E-state index in [1.165, 1.54) is 6.42 Å². The van der Waals surface area contributed by atoms with Gasteiger partial charge in [0.2, 0.25) is 5.91 Å². The number of hydrogen-bond acceptors (Lipinski definition) is 3. The lowest BCUT2D eigenvalue weighted by Gasteiger charge is -2.54. The molecule has 23 heavy (non-hydrogen) atoms. The number of nitrogens with one attached hydrogen (secondary N) is 1. The Kier molecular flexibility index (Phi) is 5.78.